The molecule has 1 aromatic rings. The van der Waals surface area contributed by atoms with Gasteiger partial charge in [0, 0.05) is 6.54 Å². The molecule has 1 fully saturated rings. The van der Waals surface area contributed by atoms with Gasteiger partial charge >= 0.3 is 0 Å². The number of hydrogen-bond donors (Lipinski definition) is 1. The summed E-state index contributed by atoms with van der Waals surface area (Å²) in [5.41, 5.74) is -0.122. The first-order valence-electron chi connectivity index (χ1n) is 4.83. The largest absolute Gasteiger partial charge is 0.380 e. The van der Waals surface area contributed by atoms with Crippen LogP contribution in [0.3, 0.4) is 0 Å². The van der Waals surface area contributed by atoms with Gasteiger partial charge in [0.15, 0.2) is 11.6 Å². The number of halogens is 2. The molecule has 1 aromatic carbocycles. The normalized spacial score (nSPS) is 14.7. The molecule has 0 saturated heterocycles. The van der Waals surface area contributed by atoms with Crippen LogP contribution in [0.4, 0.5) is 14.5 Å². The number of rotatable bonds is 3. The van der Waals surface area contributed by atoms with E-state index in [4.69, 9.17) is 5.26 Å². The molecule has 15 heavy (non-hydrogen) atoms. The van der Waals surface area contributed by atoms with Crippen molar-refractivity contribution in [1.29, 1.82) is 5.26 Å². The maximum Gasteiger partial charge on any atom is 0.150 e. The van der Waals surface area contributed by atoms with Crippen molar-refractivity contribution >= 4 is 5.69 Å². The molecule has 0 unspecified atom stereocenters. The Bertz CT molecular complexity index is 396. The third-order valence-corrected chi connectivity index (χ3v) is 2.44. The highest BCUT2D eigenvalue weighted by molar-refractivity contribution is 5.50. The van der Waals surface area contributed by atoms with Crippen LogP contribution in [0.25, 0.3) is 0 Å². The molecule has 1 aliphatic rings. The second-order valence-corrected chi connectivity index (χ2v) is 3.75. The average Bonchev–Trinajstić information content (AvgIpc) is 3.00. The second kappa shape index (κ2) is 3.85. The lowest BCUT2D eigenvalue weighted by atomic mass is 10.2. The molecule has 0 heterocycles. The molecule has 0 amide bonds. The van der Waals surface area contributed by atoms with Crippen LogP contribution in [-0.4, -0.2) is 6.54 Å². The number of benzene rings is 1. The van der Waals surface area contributed by atoms with E-state index in [1.807, 2.05) is 0 Å². The predicted molar refractivity (Wildman–Crippen MR) is 52.3 cm³/mol. The summed E-state index contributed by atoms with van der Waals surface area (Å²) in [6.45, 7) is 0.597. The topological polar surface area (TPSA) is 35.8 Å². The van der Waals surface area contributed by atoms with E-state index in [1.165, 1.54) is 0 Å². The summed E-state index contributed by atoms with van der Waals surface area (Å²) >= 11 is 0. The summed E-state index contributed by atoms with van der Waals surface area (Å²) in [5.74, 6) is -0.862. The number of hydrogen-bond acceptors (Lipinski definition) is 2. The summed E-state index contributed by atoms with van der Waals surface area (Å²) in [7, 11) is 0. The van der Waals surface area contributed by atoms with E-state index < -0.39 is 11.6 Å². The van der Waals surface area contributed by atoms with E-state index in [2.05, 4.69) is 5.32 Å². The van der Waals surface area contributed by atoms with Crippen LogP contribution in [0, 0.1) is 28.9 Å². The van der Waals surface area contributed by atoms with Crippen molar-refractivity contribution in [3.05, 3.63) is 29.3 Å². The van der Waals surface area contributed by atoms with Gasteiger partial charge in [-0.2, -0.15) is 5.26 Å². The molecule has 2 rings (SSSR count). The lowest BCUT2D eigenvalue weighted by molar-refractivity contribution is 0.586. The minimum atomic E-state index is -0.702. The van der Waals surface area contributed by atoms with Crippen molar-refractivity contribution in [2.45, 2.75) is 12.8 Å². The van der Waals surface area contributed by atoms with Gasteiger partial charge in [0.05, 0.1) is 11.6 Å². The highest BCUT2D eigenvalue weighted by atomic mass is 19.1. The molecule has 0 spiro atoms. The van der Waals surface area contributed by atoms with Crippen molar-refractivity contribution in [2.24, 2.45) is 5.92 Å². The Balaban J connectivity index is 2.18. The molecule has 4 heteroatoms. The minimum absolute atomic E-state index is 0.00183. The van der Waals surface area contributed by atoms with Gasteiger partial charge in [-0.15, -0.1) is 0 Å². The van der Waals surface area contributed by atoms with Gasteiger partial charge in [0.2, 0.25) is 0 Å². The molecule has 0 atom stereocenters. The third kappa shape index (κ3) is 2.24. The van der Waals surface area contributed by atoms with Gasteiger partial charge < -0.3 is 5.32 Å². The van der Waals surface area contributed by atoms with E-state index in [1.54, 1.807) is 6.07 Å². The molecule has 2 nitrogen and oxygen atoms in total. The second-order valence-electron chi connectivity index (χ2n) is 3.75. The van der Waals surface area contributed by atoms with Crippen LogP contribution < -0.4 is 5.32 Å². The maximum atomic E-state index is 13.3. The standard InChI is InChI=1S/C11H10F2N2/c12-9-3-8(5-14)4-10(13)11(9)15-6-7-1-2-7/h3-4,7,15H,1-2,6H2. The van der Waals surface area contributed by atoms with E-state index in [0.29, 0.717) is 12.5 Å². The van der Waals surface area contributed by atoms with Gasteiger partial charge in [-0.25, -0.2) is 8.78 Å². The maximum absolute atomic E-state index is 13.3. The van der Waals surface area contributed by atoms with E-state index in [0.717, 1.165) is 25.0 Å². The molecule has 0 radical (unpaired) electrons. The number of nitriles is 1. The Hall–Kier alpha value is -1.63. The van der Waals surface area contributed by atoms with Crippen molar-refractivity contribution in [1.82, 2.24) is 0 Å². The van der Waals surface area contributed by atoms with Crippen LogP contribution in [-0.2, 0) is 0 Å². The van der Waals surface area contributed by atoms with Crippen LogP contribution in [0.2, 0.25) is 0 Å². The predicted octanol–water partition coefficient (Wildman–Crippen LogP) is 2.66. The van der Waals surface area contributed by atoms with Gasteiger partial charge in [-0.1, -0.05) is 0 Å². The third-order valence-electron chi connectivity index (χ3n) is 2.44. The zero-order valence-electron chi connectivity index (χ0n) is 8.06. The van der Waals surface area contributed by atoms with Crippen molar-refractivity contribution < 1.29 is 8.78 Å². The van der Waals surface area contributed by atoms with Crippen molar-refractivity contribution in [3.8, 4) is 6.07 Å². The van der Waals surface area contributed by atoms with Gasteiger partial charge in [-0.05, 0) is 30.9 Å². The number of nitrogens with one attached hydrogen (secondary N) is 1. The molecule has 1 aliphatic carbocycles. The van der Waals surface area contributed by atoms with Gasteiger partial charge in [-0.3, -0.25) is 0 Å². The summed E-state index contributed by atoms with van der Waals surface area (Å²) < 4.78 is 26.6. The minimum Gasteiger partial charge on any atom is -0.380 e. The van der Waals surface area contributed by atoms with Crippen LogP contribution in [0.1, 0.15) is 18.4 Å². The zero-order chi connectivity index (χ0) is 10.8. The Morgan fingerprint density at radius 1 is 1.33 bits per heavy atom. The summed E-state index contributed by atoms with van der Waals surface area (Å²) in [6, 6.07) is 3.79. The van der Waals surface area contributed by atoms with Gasteiger partial charge in [0.1, 0.15) is 5.69 Å². The first kappa shape index (κ1) is 9.91. The van der Waals surface area contributed by atoms with E-state index in [9.17, 15) is 8.78 Å². The SMILES string of the molecule is N#Cc1cc(F)c(NCC2CC2)c(F)c1. The molecule has 0 aliphatic heterocycles. The Kier molecular flexibility index (Phi) is 2.55. The van der Waals surface area contributed by atoms with E-state index in [-0.39, 0.29) is 11.3 Å². The van der Waals surface area contributed by atoms with E-state index >= 15 is 0 Å². The summed E-state index contributed by atoms with van der Waals surface area (Å²) in [6.07, 6.45) is 2.24. The first-order valence-corrected chi connectivity index (χ1v) is 4.83. The fourth-order valence-corrected chi connectivity index (χ4v) is 1.37. The van der Waals surface area contributed by atoms with Gasteiger partial charge in [0.25, 0.3) is 0 Å². The highest BCUT2D eigenvalue weighted by Gasteiger charge is 2.22. The Morgan fingerprint density at radius 2 is 1.93 bits per heavy atom. The van der Waals surface area contributed by atoms with Crippen LogP contribution in [0.15, 0.2) is 12.1 Å². The molecule has 1 saturated carbocycles. The van der Waals surface area contributed by atoms with Crippen molar-refractivity contribution in [3.63, 3.8) is 0 Å². The average molecular weight is 208 g/mol. The van der Waals surface area contributed by atoms with Crippen LogP contribution >= 0.6 is 0 Å². The fourth-order valence-electron chi connectivity index (χ4n) is 1.37. The summed E-state index contributed by atoms with van der Waals surface area (Å²) in [4.78, 5) is 0. The van der Waals surface area contributed by atoms with Crippen LogP contribution in [0.5, 0.6) is 0 Å². The number of nitrogens with zero attached hydrogens (tertiary/aromatic N) is 1. The lowest BCUT2D eigenvalue weighted by Gasteiger charge is -2.07. The van der Waals surface area contributed by atoms with Crippen molar-refractivity contribution in [2.75, 3.05) is 11.9 Å². The Labute approximate surface area is 86.5 Å². The quantitative estimate of drug-likeness (QED) is 0.828. The molecule has 0 aromatic heterocycles. The zero-order valence-corrected chi connectivity index (χ0v) is 8.06. The smallest absolute Gasteiger partial charge is 0.150 e. The molecule has 1 N–H and O–H groups in total. The highest BCUT2D eigenvalue weighted by Crippen LogP contribution is 2.30. The molecule has 78 valence electrons. The Morgan fingerprint density at radius 3 is 2.40 bits per heavy atom. The fraction of sp³-hybridized carbons (Fsp3) is 0.364. The molecular weight excluding hydrogens is 198 g/mol. The number of anilines is 1. The monoisotopic (exact) mass is 208 g/mol. The first-order chi connectivity index (χ1) is 7.20. The lowest BCUT2D eigenvalue weighted by Crippen LogP contribution is -2.07. The molecular formula is C11H10F2N2. The summed E-state index contributed by atoms with van der Waals surface area (Å²) in [5, 5.41) is 11.2. The molecule has 0 bridgehead atoms.